The first-order valence-corrected chi connectivity index (χ1v) is 6.37. The number of benzene rings is 1. The number of aromatic nitrogens is 2. The van der Waals surface area contributed by atoms with Crippen LogP contribution in [0, 0.1) is 11.6 Å². The van der Waals surface area contributed by atoms with Gasteiger partial charge in [-0.2, -0.15) is 5.10 Å². The molecule has 2 rings (SSSR count). The van der Waals surface area contributed by atoms with Crippen LogP contribution < -0.4 is 5.32 Å². The average molecular weight is 281 g/mol. The molecule has 2 N–H and O–H groups in total. The largest absolute Gasteiger partial charge is 0.387 e. The Balaban J connectivity index is 1.77. The molecule has 1 heterocycles. The van der Waals surface area contributed by atoms with Gasteiger partial charge < -0.3 is 10.4 Å². The monoisotopic (exact) mass is 281 g/mol. The van der Waals surface area contributed by atoms with Crippen molar-refractivity contribution in [1.29, 1.82) is 0 Å². The molecule has 6 heteroatoms. The molecule has 0 saturated carbocycles. The third kappa shape index (κ3) is 3.85. The maximum atomic E-state index is 13.0. The van der Waals surface area contributed by atoms with Crippen LogP contribution in [0.1, 0.15) is 17.2 Å². The minimum atomic E-state index is -0.947. The second kappa shape index (κ2) is 6.58. The van der Waals surface area contributed by atoms with Crippen LogP contribution in [0.5, 0.6) is 0 Å². The lowest BCUT2D eigenvalue weighted by atomic mass is 10.1. The molecular formula is C14H17F2N3O. The van der Waals surface area contributed by atoms with Gasteiger partial charge in [0.15, 0.2) is 11.6 Å². The molecule has 0 fully saturated rings. The third-order valence-electron chi connectivity index (χ3n) is 3.01. The number of rotatable bonds is 6. The third-order valence-corrected chi connectivity index (χ3v) is 3.01. The molecule has 4 nitrogen and oxygen atoms in total. The predicted molar refractivity (Wildman–Crippen MR) is 71.1 cm³/mol. The second-order valence-electron chi connectivity index (χ2n) is 4.67. The molecule has 0 spiro atoms. The Morgan fingerprint density at radius 2 is 2.15 bits per heavy atom. The minimum absolute atomic E-state index is 0.283. The van der Waals surface area contributed by atoms with E-state index in [1.807, 2.05) is 13.2 Å². The summed E-state index contributed by atoms with van der Waals surface area (Å²) in [5, 5.41) is 17.0. The summed E-state index contributed by atoms with van der Waals surface area (Å²) in [5.74, 6) is -1.86. The van der Waals surface area contributed by atoms with Crippen molar-refractivity contribution in [2.75, 3.05) is 13.1 Å². The molecule has 0 aliphatic rings. The van der Waals surface area contributed by atoms with E-state index in [9.17, 15) is 13.9 Å². The number of hydrogen-bond acceptors (Lipinski definition) is 3. The van der Waals surface area contributed by atoms with E-state index in [4.69, 9.17) is 0 Å². The Morgan fingerprint density at radius 3 is 2.80 bits per heavy atom. The van der Waals surface area contributed by atoms with Crippen molar-refractivity contribution in [3.8, 4) is 0 Å². The van der Waals surface area contributed by atoms with Crippen LogP contribution in [0.4, 0.5) is 8.78 Å². The van der Waals surface area contributed by atoms with Gasteiger partial charge in [-0.25, -0.2) is 8.78 Å². The lowest BCUT2D eigenvalue weighted by Crippen LogP contribution is -2.23. The lowest BCUT2D eigenvalue weighted by Gasteiger charge is -2.12. The summed E-state index contributed by atoms with van der Waals surface area (Å²) in [7, 11) is 1.85. The van der Waals surface area contributed by atoms with Gasteiger partial charge in [0, 0.05) is 19.8 Å². The van der Waals surface area contributed by atoms with Crippen molar-refractivity contribution < 1.29 is 13.9 Å². The highest BCUT2D eigenvalue weighted by atomic mass is 19.2. The van der Waals surface area contributed by atoms with E-state index in [2.05, 4.69) is 10.4 Å². The van der Waals surface area contributed by atoms with Gasteiger partial charge in [-0.1, -0.05) is 6.07 Å². The van der Waals surface area contributed by atoms with Crippen LogP contribution in [0.2, 0.25) is 0 Å². The smallest absolute Gasteiger partial charge is 0.159 e. The Bertz CT molecular complexity index is 571. The molecule has 0 bridgehead atoms. The predicted octanol–water partition coefficient (Wildman–Crippen LogP) is 1.56. The normalized spacial score (nSPS) is 12.6. The molecule has 0 amide bonds. The zero-order valence-electron chi connectivity index (χ0n) is 11.2. The summed E-state index contributed by atoms with van der Waals surface area (Å²) in [6, 6.07) is 3.41. The molecule has 1 atom stereocenters. The van der Waals surface area contributed by atoms with Crippen LogP contribution in [0.25, 0.3) is 0 Å². The molecule has 0 saturated heterocycles. The van der Waals surface area contributed by atoms with Crippen LogP contribution in [-0.4, -0.2) is 28.0 Å². The van der Waals surface area contributed by atoms with E-state index in [0.29, 0.717) is 12.1 Å². The van der Waals surface area contributed by atoms with E-state index in [-0.39, 0.29) is 6.54 Å². The van der Waals surface area contributed by atoms with Crippen molar-refractivity contribution in [1.82, 2.24) is 15.1 Å². The van der Waals surface area contributed by atoms with Gasteiger partial charge in [0.2, 0.25) is 0 Å². The number of halogens is 2. The first-order chi connectivity index (χ1) is 9.56. The number of nitrogens with zero attached hydrogens (tertiary/aromatic N) is 2. The molecule has 0 aliphatic heterocycles. The zero-order chi connectivity index (χ0) is 14.5. The summed E-state index contributed by atoms with van der Waals surface area (Å²) < 4.78 is 27.5. The fraction of sp³-hybridized carbons (Fsp3) is 0.357. The van der Waals surface area contributed by atoms with E-state index >= 15 is 0 Å². The van der Waals surface area contributed by atoms with Gasteiger partial charge in [0.25, 0.3) is 0 Å². The highest BCUT2D eigenvalue weighted by Gasteiger charge is 2.10. The average Bonchev–Trinajstić information content (AvgIpc) is 2.83. The van der Waals surface area contributed by atoms with Gasteiger partial charge in [-0.05, 0) is 36.2 Å². The van der Waals surface area contributed by atoms with E-state index in [1.165, 1.54) is 6.07 Å². The summed E-state index contributed by atoms with van der Waals surface area (Å²) in [4.78, 5) is 0. The van der Waals surface area contributed by atoms with Crippen molar-refractivity contribution in [3.05, 3.63) is 53.4 Å². The topological polar surface area (TPSA) is 50.1 Å². The molecule has 108 valence electrons. The molecule has 1 aromatic carbocycles. The number of hydrogen-bond donors (Lipinski definition) is 2. The van der Waals surface area contributed by atoms with E-state index < -0.39 is 17.7 Å². The number of aryl methyl sites for hydroxylation is 1. The Hall–Kier alpha value is -1.79. The van der Waals surface area contributed by atoms with Crippen molar-refractivity contribution in [3.63, 3.8) is 0 Å². The van der Waals surface area contributed by atoms with Crippen LogP contribution in [0.15, 0.2) is 30.6 Å². The Labute approximate surface area is 116 Å². The first kappa shape index (κ1) is 14.6. The van der Waals surface area contributed by atoms with Gasteiger partial charge in [-0.3, -0.25) is 4.68 Å². The fourth-order valence-corrected chi connectivity index (χ4v) is 1.91. The van der Waals surface area contributed by atoms with Gasteiger partial charge in [-0.15, -0.1) is 0 Å². The molecule has 0 aliphatic carbocycles. The number of aliphatic hydroxyl groups excluding tert-OH is 1. The van der Waals surface area contributed by atoms with Crippen molar-refractivity contribution in [2.24, 2.45) is 7.05 Å². The summed E-state index contributed by atoms with van der Waals surface area (Å²) in [5.41, 5.74) is 1.46. The molecule has 1 aromatic heterocycles. The quantitative estimate of drug-likeness (QED) is 0.790. The van der Waals surface area contributed by atoms with E-state index in [1.54, 1.807) is 10.9 Å². The standard InChI is InChI=1S/C14H17F2N3O/c1-19-9-10(7-18-19)4-5-17-8-14(20)11-2-3-12(15)13(16)6-11/h2-3,6-7,9,14,17,20H,4-5,8H2,1H3. The summed E-state index contributed by atoms with van der Waals surface area (Å²) >= 11 is 0. The lowest BCUT2D eigenvalue weighted by molar-refractivity contribution is 0.174. The first-order valence-electron chi connectivity index (χ1n) is 6.37. The summed E-state index contributed by atoms with van der Waals surface area (Å²) in [6.45, 7) is 0.956. The van der Waals surface area contributed by atoms with Crippen LogP contribution in [-0.2, 0) is 13.5 Å². The molecule has 0 radical (unpaired) electrons. The molecule has 1 unspecified atom stereocenters. The fourth-order valence-electron chi connectivity index (χ4n) is 1.91. The number of aliphatic hydroxyl groups is 1. The van der Waals surface area contributed by atoms with Crippen LogP contribution in [0.3, 0.4) is 0 Å². The summed E-state index contributed by atoms with van der Waals surface area (Å²) in [6.07, 6.45) is 3.64. The second-order valence-corrected chi connectivity index (χ2v) is 4.67. The van der Waals surface area contributed by atoms with Crippen molar-refractivity contribution >= 4 is 0 Å². The molecule has 20 heavy (non-hydrogen) atoms. The highest BCUT2D eigenvalue weighted by Crippen LogP contribution is 2.15. The Morgan fingerprint density at radius 1 is 1.35 bits per heavy atom. The maximum Gasteiger partial charge on any atom is 0.159 e. The van der Waals surface area contributed by atoms with Crippen LogP contribution >= 0.6 is 0 Å². The molecular weight excluding hydrogens is 264 g/mol. The Kier molecular flexibility index (Phi) is 4.81. The molecule has 2 aromatic rings. The highest BCUT2D eigenvalue weighted by molar-refractivity contribution is 5.20. The van der Waals surface area contributed by atoms with Crippen molar-refractivity contribution in [2.45, 2.75) is 12.5 Å². The SMILES string of the molecule is Cn1cc(CCNCC(O)c2ccc(F)c(F)c2)cn1. The van der Waals surface area contributed by atoms with Gasteiger partial charge in [0.05, 0.1) is 12.3 Å². The van der Waals surface area contributed by atoms with Gasteiger partial charge in [0.1, 0.15) is 0 Å². The van der Waals surface area contributed by atoms with E-state index in [0.717, 1.165) is 24.1 Å². The number of nitrogens with one attached hydrogen (secondary N) is 1. The maximum absolute atomic E-state index is 13.0. The zero-order valence-corrected chi connectivity index (χ0v) is 11.2. The van der Waals surface area contributed by atoms with Gasteiger partial charge >= 0.3 is 0 Å². The minimum Gasteiger partial charge on any atom is -0.387 e.